The molecule has 5 heteroatoms. The summed E-state index contributed by atoms with van der Waals surface area (Å²) in [5.41, 5.74) is 1.23. The minimum atomic E-state index is -0.811. The minimum absolute atomic E-state index is 0.153. The number of rotatable bonds is 4. The summed E-state index contributed by atoms with van der Waals surface area (Å²) < 4.78 is 0. The predicted octanol–water partition coefficient (Wildman–Crippen LogP) is 2.09. The number of carboxylic acids is 1. The molecule has 1 aliphatic rings. The van der Waals surface area contributed by atoms with E-state index < -0.39 is 11.9 Å². The van der Waals surface area contributed by atoms with Crippen LogP contribution in [-0.2, 0) is 4.79 Å². The van der Waals surface area contributed by atoms with Gasteiger partial charge in [-0.2, -0.15) is 0 Å². The number of carboxylic acid groups (broad SMARTS) is 1. The van der Waals surface area contributed by atoms with Gasteiger partial charge in [0, 0.05) is 19.6 Å². The molecule has 2 amide bonds. The number of nitrogens with zero attached hydrogens (tertiary/aromatic N) is 1. The molecule has 108 valence electrons. The van der Waals surface area contributed by atoms with E-state index in [-0.39, 0.29) is 11.9 Å². The summed E-state index contributed by atoms with van der Waals surface area (Å²) in [5, 5.41) is 11.9. The highest BCUT2D eigenvalue weighted by Crippen LogP contribution is 2.21. The van der Waals surface area contributed by atoms with Gasteiger partial charge in [0.25, 0.3) is 0 Å². The maximum Gasteiger partial charge on any atom is 0.317 e. The van der Waals surface area contributed by atoms with E-state index >= 15 is 0 Å². The predicted molar refractivity (Wildman–Crippen MR) is 73.9 cm³/mol. The lowest BCUT2D eigenvalue weighted by molar-refractivity contribution is -0.143. The standard InChI is InChI=1S/C14H24N2O3/c1-10(2)5-4-6-15-14(19)16-8-11(3)7-12(9-16)13(17)18/h5,11-12H,4,6-9H2,1-3H3,(H,15,19)(H,17,18). The number of nitrogens with one attached hydrogen (secondary N) is 1. The summed E-state index contributed by atoms with van der Waals surface area (Å²) in [6.07, 6.45) is 3.52. The summed E-state index contributed by atoms with van der Waals surface area (Å²) in [6, 6.07) is -0.153. The van der Waals surface area contributed by atoms with Crippen LogP contribution in [0.5, 0.6) is 0 Å². The number of allylic oxidation sites excluding steroid dienone is 1. The number of carbonyl (C=O) groups excluding carboxylic acids is 1. The van der Waals surface area contributed by atoms with Gasteiger partial charge in [-0.3, -0.25) is 4.79 Å². The maximum atomic E-state index is 12.0. The fraction of sp³-hybridized carbons (Fsp3) is 0.714. The quantitative estimate of drug-likeness (QED) is 0.606. The first kappa shape index (κ1) is 15.5. The van der Waals surface area contributed by atoms with Gasteiger partial charge in [-0.1, -0.05) is 18.6 Å². The first-order valence-electron chi connectivity index (χ1n) is 6.79. The number of hydrogen-bond donors (Lipinski definition) is 2. The number of aliphatic carboxylic acids is 1. The Kier molecular flexibility index (Phi) is 5.86. The molecular formula is C14H24N2O3. The van der Waals surface area contributed by atoms with E-state index in [4.69, 9.17) is 5.11 Å². The molecule has 2 N–H and O–H groups in total. The largest absolute Gasteiger partial charge is 0.481 e. The molecule has 0 radical (unpaired) electrons. The van der Waals surface area contributed by atoms with Gasteiger partial charge < -0.3 is 15.3 Å². The molecule has 0 spiro atoms. The van der Waals surface area contributed by atoms with Gasteiger partial charge in [-0.15, -0.1) is 0 Å². The van der Waals surface area contributed by atoms with Gasteiger partial charge in [0.05, 0.1) is 5.92 Å². The third-order valence-electron chi connectivity index (χ3n) is 3.27. The first-order valence-corrected chi connectivity index (χ1v) is 6.79. The lowest BCUT2D eigenvalue weighted by Crippen LogP contribution is -2.49. The van der Waals surface area contributed by atoms with Gasteiger partial charge in [-0.25, -0.2) is 4.79 Å². The molecule has 0 aliphatic carbocycles. The Labute approximate surface area is 114 Å². The zero-order valence-electron chi connectivity index (χ0n) is 12.0. The van der Waals surface area contributed by atoms with Crippen LogP contribution in [-0.4, -0.2) is 41.6 Å². The van der Waals surface area contributed by atoms with Crippen LogP contribution in [0.25, 0.3) is 0 Å². The van der Waals surface area contributed by atoms with Crippen molar-refractivity contribution in [3.05, 3.63) is 11.6 Å². The first-order chi connectivity index (χ1) is 8.90. The Hall–Kier alpha value is -1.52. The smallest absolute Gasteiger partial charge is 0.317 e. The van der Waals surface area contributed by atoms with Crippen LogP contribution in [0, 0.1) is 11.8 Å². The lowest BCUT2D eigenvalue weighted by atomic mass is 9.91. The van der Waals surface area contributed by atoms with Gasteiger partial charge in [-0.05, 0) is 32.6 Å². The molecular weight excluding hydrogens is 244 g/mol. The third kappa shape index (κ3) is 5.32. The highest BCUT2D eigenvalue weighted by atomic mass is 16.4. The number of piperidine rings is 1. The van der Waals surface area contributed by atoms with Gasteiger partial charge in [0.2, 0.25) is 0 Å². The topological polar surface area (TPSA) is 69.6 Å². The van der Waals surface area contributed by atoms with Crippen molar-refractivity contribution in [2.24, 2.45) is 11.8 Å². The van der Waals surface area contributed by atoms with E-state index in [0.29, 0.717) is 26.1 Å². The van der Waals surface area contributed by atoms with Crippen LogP contribution >= 0.6 is 0 Å². The lowest BCUT2D eigenvalue weighted by Gasteiger charge is -2.34. The average molecular weight is 268 g/mol. The van der Waals surface area contributed by atoms with Crippen molar-refractivity contribution in [3.63, 3.8) is 0 Å². The average Bonchev–Trinajstić information content (AvgIpc) is 2.33. The molecule has 1 rings (SSSR count). The van der Waals surface area contributed by atoms with E-state index in [1.807, 2.05) is 20.8 Å². The van der Waals surface area contributed by atoms with Crippen LogP contribution in [0.2, 0.25) is 0 Å². The Bertz CT molecular complexity index is 362. The molecule has 0 aromatic carbocycles. The third-order valence-corrected chi connectivity index (χ3v) is 3.27. The van der Waals surface area contributed by atoms with Crippen molar-refractivity contribution in [2.75, 3.05) is 19.6 Å². The highest BCUT2D eigenvalue weighted by Gasteiger charge is 2.31. The Morgan fingerprint density at radius 3 is 2.63 bits per heavy atom. The summed E-state index contributed by atoms with van der Waals surface area (Å²) in [7, 11) is 0. The van der Waals surface area contributed by atoms with Crippen molar-refractivity contribution in [3.8, 4) is 0 Å². The SMILES string of the molecule is CC(C)=CCCNC(=O)N1CC(C)CC(C(=O)O)C1. The minimum Gasteiger partial charge on any atom is -0.481 e. The van der Waals surface area contributed by atoms with Crippen molar-refractivity contribution in [2.45, 2.75) is 33.6 Å². The normalized spacial score (nSPS) is 22.8. The second-order valence-corrected chi connectivity index (χ2v) is 5.58. The highest BCUT2D eigenvalue weighted by molar-refractivity contribution is 5.76. The fourth-order valence-electron chi connectivity index (χ4n) is 2.35. The Morgan fingerprint density at radius 2 is 2.05 bits per heavy atom. The molecule has 19 heavy (non-hydrogen) atoms. The number of hydrogen-bond acceptors (Lipinski definition) is 2. The fourth-order valence-corrected chi connectivity index (χ4v) is 2.35. The van der Waals surface area contributed by atoms with Crippen LogP contribution in [0.1, 0.15) is 33.6 Å². The van der Waals surface area contributed by atoms with Crippen molar-refractivity contribution >= 4 is 12.0 Å². The second-order valence-electron chi connectivity index (χ2n) is 5.58. The second kappa shape index (κ2) is 7.16. The maximum absolute atomic E-state index is 12.0. The molecule has 0 saturated carbocycles. The van der Waals surface area contributed by atoms with Gasteiger partial charge in [0.15, 0.2) is 0 Å². The molecule has 2 atom stereocenters. The van der Waals surface area contributed by atoms with Crippen molar-refractivity contribution in [1.82, 2.24) is 10.2 Å². The zero-order chi connectivity index (χ0) is 14.4. The number of urea groups is 1. The van der Waals surface area contributed by atoms with Crippen LogP contribution in [0.15, 0.2) is 11.6 Å². The number of carbonyl (C=O) groups is 2. The molecule has 0 aromatic rings. The Morgan fingerprint density at radius 1 is 1.37 bits per heavy atom. The molecule has 1 heterocycles. The van der Waals surface area contributed by atoms with Gasteiger partial charge in [0.1, 0.15) is 0 Å². The summed E-state index contributed by atoms with van der Waals surface area (Å²) in [4.78, 5) is 24.6. The summed E-state index contributed by atoms with van der Waals surface area (Å²) >= 11 is 0. The molecule has 0 aromatic heterocycles. The molecule has 1 saturated heterocycles. The van der Waals surface area contributed by atoms with Crippen molar-refractivity contribution in [1.29, 1.82) is 0 Å². The van der Waals surface area contributed by atoms with Crippen LogP contribution < -0.4 is 5.32 Å². The molecule has 1 aliphatic heterocycles. The van der Waals surface area contributed by atoms with Crippen LogP contribution in [0.3, 0.4) is 0 Å². The zero-order valence-corrected chi connectivity index (χ0v) is 12.0. The Balaban J connectivity index is 2.42. The molecule has 1 fully saturated rings. The van der Waals surface area contributed by atoms with Gasteiger partial charge >= 0.3 is 12.0 Å². The number of amides is 2. The van der Waals surface area contributed by atoms with E-state index in [1.54, 1.807) is 4.90 Å². The van der Waals surface area contributed by atoms with Crippen molar-refractivity contribution < 1.29 is 14.7 Å². The molecule has 2 unspecified atom stereocenters. The summed E-state index contributed by atoms with van der Waals surface area (Å²) in [6.45, 7) is 7.56. The van der Waals surface area contributed by atoms with Crippen LogP contribution in [0.4, 0.5) is 4.79 Å². The van der Waals surface area contributed by atoms with E-state index in [2.05, 4.69) is 11.4 Å². The molecule has 5 nitrogen and oxygen atoms in total. The van der Waals surface area contributed by atoms with E-state index in [1.165, 1.54) is 5.57 Å². The van der Waals surface area contributed by atoms with E-state index in [0.717, 1.165) is 6.42 Å². The summed E-state index contributed by atoms with van der Waals surface area (Å²) in [5.74, 6) is -1.01. The number of likely N-dealkylation sites (tertiary alicyclic amines) is 1. The van der Waals surface area contributed by atoms with E-state index in [9.17, 15) is 9.59 Å². The monoisotopic (exact) mass is 268 g/mol. The molecule has 0 bridgehead atoms.